The van der Waals surface area contributed by atoms with E-state index in [2.05, 4.69) is 0 Å². The molecule has 7 nitrogen and oxygen atoms in total. The van der Waals surface area contributed by atoms with Gasteiger partial charge in [0.05, 0.1) is 7.11 Å². The number of carboxylic acid groups (broad SMARTS) is 1. The normalized spacial score (nSPS) is 13.9. The van der Waals surface area contributed by atoms with Crippen molar-refractivity contribution in [3.8, 4) is 5.75 Å². The molecule has 0 spiro atoms. The summed E-state index contributed by atoms with van der Waals surface area (Å²) in [5.41, 5.74) is -1.34. The van der Waals surface area contributed by atoms with Gasteiger partial charge in [0, 0.05) is 28.9 Å². The monoisotopic (exact) mass is 278 g/mol. The van der Waals surface area contributed by atoms with Gasteiger partial charge >= 0.3 is 11.5 Å². The number of rotatable bonds is 5. The summed E-state index contributed by atoms with van der Waals surface area (Å²) in [4.78, 5) is 21.4. The Bertz CT molecular complexity index is 662. The van der Waals surface area contributed by atoms with Crippen LogP contribution in [0.15, 0.2) is 30.5 Å². The molecule has 1 aromatic heterocycles. The van der Waals surface area contributed by atoms with Crippen molar-refractivity contribution in [2.75, 3.05) is 7.11 Å². The molecule has 1 heterocycles. The van der Waals surface area contributed by atoms with Crippen molar-refractivity contribution >= 4 is 16.9 Å². The van der Waals surface area contributed by atoms with Gasteiger partial charge in [0.25, 0.3) is 0 Å². The third-order valence-corrected chi connectivity index (χ3v) is 3.32. The number of methoxy groups -OCH3 is 1. The van der Waals surface area contributed by atoms with E-state index >= 15 is 0 Å². The second-order valence-electron chi connectivity index (χ2n) is 4.70. The molecule has 0 saturated heterocycles. The van der Waals surface area contributed by atoms with Crippen molar-refractivity contribution < 1.29 is 19.6 Å². The molecule has 7 heteroatoms. The summed E-state index contributed by atoms with van der Waals surface area (Å²) in [6, 6.07) is 7.02. The zero-order chi connectivity index (χ0) is 14.9. The number of carboxylic acids is 1. The number of aliphatic carboxylic acids is 1. The van der Waals surface area contributed by atoms with Gasteiger partial charge in [0.15, 0.2) is 0 Å². The summed E-state index contributed by atoms with van der Waals surface area (Å²) >= 11 is 0. The molecule has 0 amide bonds. The predicted molar refractivity (Wildman–Crippen MR) is 71.5 cm³/mol. The van der Waals surface area contributed by atoms with Crippen molar-refractivity contribution in [1.29, 1.82) is 0 Å². The Hall–Kier alpha value is -2.57. The molecule has 0 aliphatic carbocycles. The number of hydrogen-bond donors (Lipinski definition) is 1. The van der Waals surface area contributed by atoms with Crippen LogP contribution in [0.1, 0.15) is 6.92 Å². The van der Waals surface area contributed by atoms with Gasteiger partial charge in [-0.2, -0.15) is 0 Å². The second kappa shape index (κ2) is 4.84. The molecule has 1 N–H and O–H groups in total. The fourth-order valence-corrected chi connectivity index (χ4v) is 1.98. The van der Waals surface area contributed by atoms with Gasteiger partial charge in [-0.3, -0.25) is 10.1 Å². The van der Waals surface area contributed by atoms with E-state index in [0.29, 0.717) is 5.75 Å². The number of fused-ring (bicyclic) bond motifs is 1. The van der Waals surface area contributed by atoms with Crippen LogP contribution in [0.5, 0.6) is 5.75 Å². The lowest BCUT2D eigenvalue weighted by Crippen LogP contribution is -2.46. The average molecular weight is 278 g/mol. The fraction of sp³-hybridized carbons (Fsp3) is 0.308. The Balaban J connectivity index is 2.44. The number of carbonyl (C=O) groups is 1. The molecular formula is C13H14N2O5. The van der Waals surface area contributed by atoms with Gasteiger partial charge in [0.2, 0.25) is 0 Å². The highest BCUT2D eigenvalue weighted by Crippen LogP contribution is 2.24. The third-order valence-electron chi connectivity index (χ3n) is 3.32. The second-order valence-corrected chi connectivity index (χ2v) is 4.70. The summed E-state index contributed by atoms with van der Waals surface area (Å²) in [5.74, 6) is -0.789. The summed E-state index contributed by atoms with van der Waals surface area (Å²) in [5, 5.41) is 20.9. The molecule has 1 atom stereocenters. The largest absolute Gasteiger partial charge is 0.497 e. The van der Waals surface area contributed by atoms with Crippen LogP contribution in [0, 0.1) is 10.1 Å². The minimum Gasteiger partial charge on any atom is -0.497 e. The summed E-state index contributed by atoms with van der Waals surface area (Å²) in [6.07, 6.45) is 1.63. The molecule has 0 bridgehead atoms. The lowest BCUT2D eigenvalue weighted by Gasteiger charge is -2.17. The minimum atomic E-state index is -2.06. The molecule has 1 aromatic carbocycles. The van der Waals surface area contributed by atoms with E-state index in [4.69, 9.17) is 9.84 Å². The van der Waals surface area contributed by atoms with E-state index in [-0.39, 0.29) is 6.54 Å². The Kier molecular flexibility index (Phi) is 3.35. The Morgan fingerprint density at radius 2 is 2.20 bits per heavy atom. The van der Waals surface area contributed by atoms with Gasteiger partial charge in [-0.25, -0.2) is 4.79 Å². The molecule has 1 unspecified atom stereocenters. The maximum Gasteiger partial charge on any atom is 0.384 e. The summed E-state index contributed by atoms with van der Waals surface area (Å²) in [6.45, 7) is 0.857. The molecule has 106 valence electrons. The first-order valence-electron chi connectivity index (χ1n) is 5.89. The van der Waals surface area contributed by atoms with E-state index in [1.807, 2.05) is 0 Å². The van der Waals surface area contributed by atoms with Crippen LogP contribution in [0.25, 0.3) is 10.9 Å². The predicted octanol–water partition coefficient (Wildman–Crippen LogP) is 1.77. The van der Waals surface area contributed by atoms with E-state index in [9.17, 15) is 14.9 Å². The number of hydrogen-bond acceptors (Lipinski definition) is 4. The van der Waals surface area contributed by atoms with Crippen molar-refractivity contribution in [2.24, 2.45) is 0 Å². The fourth-order valence-electron chi connectivity index (χ4n) is 1.98. The van der Waals surface area contributed by atoms with Gasteiger partial charge < -0.3 is 14.4 Å². The van der Waals surface area contributed by atoms with Crippen LogP contribution >= 0.6 is 0 Å². The van der Waals surface area contributed by atoms with Crippen LogP contribution in [-0.4, -0.2) is 33.2 Å². The standard InChI is InChI=1S/C13H14N2O5/c1-13(12(16)17,15(18)19)8-14-6-5-9-7-10(20-2)3-4-11(9)14/h3-7H,8H2,1-2H3,(H,16,17). The molecular weight excluding hydrogens is 264 g/mol. The highest BCUT2D eigenvalue weighted by Gasteiger charge is 2.46. The number of benzene rings is 1. The van der Waals surface area contributed by atoms with Crippen molar-refractivity contribution in [3.63, 3.8) is 0 Å². The molecule has 2 aromatic rings. The van der Waals surface area contributed by atoms with Crippen LogP contribution in [-0.2, 0) is 11.3 Å². The van der Waals surface area contributed by atoms with E-state index in [0.717, 1.165) is 17.8 Å². The van der Waals surface area contributed by atoms with Crippen molar-refractivity contribution in [1.82, 2.24) is 4.57 Å². The van der Waals surface area contributed by atoms with Crippen LogP contribution in [0.4, 0.5) is 0 Å². The molecule has 0 saturated carbocycles. The Morgan fingerprint density at radius 3 is 2.75 bits per heavy atom. The van der Waals surface area contributed by atoms with Crippen molar-refractivity contribution in [2.45, 2.75) is 19.0 Å². The highest BCUT2D eigenvalue weighted by atomic mass is 16.6. The van der Waals surface area contributed by atoms with Crippen LogP contribution in [0.2, 0.25) is 0 Å². The number of nitro groups is 1. The first kappa shape index (κ1) is 13.9. The Morgan fingerprint density at radius 1 is 1.50 bits per heavy atom. The zero-order valence-electron chi connectivity index (χ0n) is 11.1. The molecule has 0 aliphatic rings. The first-order valence-corrected chi connectivity index (χ1v) is 5.89. The highest BCUT2D eigenvalue weighted by molar-refractivity contribution is 5.82. The topological polar surface area (TPSA) is 94.6 Å². The van der Waals surface area contributed by atoms with Gasteiger partial charge in [-0.1, -0.05) is 0 Å². The quantitative estimate of drug-likeness (QED) is 0.664. The number of ether oxygens (including phenoxy) is 1. The molecule has 20 heavy (non-hydrogen) atoms. The lowest BCUT2D eigenvalue weighted by atomic mass is 10.0. The SMILES string of the molecule is COc1ccc2c(ccn2CC(C)(C(=O)O)[N+](=O)[O-])c1. The maximum absolute atomic E-state index is 11.2. The first-order chi connectivity index (χ1) is 9.38. The maximum atomic E-state index is 11.2. The molecule has 0 aliphatic heterocycles. The van der Waals surface area contributed by atoms with E-state index < -0.39 is 16.4 Å². The molecule has 0 fully saturated rings. The van der Waals surface area contributed by atoms with Crippen LogP contribution < -0.4 is 4.74 Å². The summed E-state index contributed by atoms with van der Waals surface area (Å²) in [7, 11) is 1.55. The van der Waals surface area contributed by atoms with E-state index in [1.165, 1.54) is 0 Å². The van der Waals surface area contributed by atoms with Gasteiger partial charge in [0.1, 0.15) is 12.3 Å². The summed E-state index contributed by atoms with van der Waals surface area (Å²) < 4.78 is 6.66. The average Bonchev–Trinajstić information content (AvgIpc) is 2.80. The molecule has 0 radical (unpaired) electrons. The van der Waals surface area contributed by atoms with Gasteiger partial charge in [-0.15, -0.1) is 0 Å². The lowest BCUT2D eigenvalue weighted by molar-refractivity contribution is -0.552. The van der Waals surface area contributed by atoms with Crippen molar-refractivity contribution in [3.05, 3.63) is 40.6 Å². The third kappa shape index (κ3) is 2.18. The zero-order valence-corrected chi connectivity index (χ0v) is 11.1. The number of aromatic nitrogens is 1. The Labute approximate surface area is 114 Å². The van der Waals surface area contributed by atoms with Crippen LogP contribution in [0.3, 0.4) is 0 Å². The molecule has 2 rings (SSSR count). The van der Waals surface area contributed by atoms with E-state index in [1.54, 1.807) is 42.1 Å². The smallest absolute Gasteiger partial charge is 0.384 e. The minimum absolute atomic E-state index is 0.245. The number of nitrogens with zero attached hydrogens (tertiary/aromatic N) is 2. The van der Waals surface area contributed by atoms with Gasteiger partial charge in [-0.05, 0) is 24.3 Å².